The Balaban J connectivity index is 1.60. The van der Waals surface area contributed by atoms with Crippen molar-refractivity contribution in [3.63, 3.8) is 0 Å². The smallest absolute Gasteiger partial charge is 0.305 e. The molecular weight excluding hydrogens is 276 g/mol. The monoisotopic (exact) mass is 290 g/mol. The van der Waals surface area contributed by atoms with Crippen LogP contribution < -0.4 is 4.90 Å². The zero-order valence-electron chi connectivity index (χ0n) is 11.8. The molecule has 0 radical (unpaired) electrons. The van der Waals surface area contributed by atoms with Crippen LogP contribution in [-0.4, -0.2) is 28.9 Å². The summed E-state index contributed by atoms with van der Waals surface area (Å²) in [6, 6.07) is 13.3. The second kappa shape index (κ2) is 3.97. The second-order valence-corrected chi connectivity index (χ2v) is 6.19. The van der Waals surface area contributed by atoms with Crippen molar-refractivity contribution in [3.05, 3.63) is 54.6 Å². The van der Waals surface area contributed by atoms with E-state index in [1.165, 1.54) is 4.90 Å². The molecule has 22 heavy (non-hydrogen) atoms. The average Bonchev–Trinajstić information content (AvgIpc) is 3.21. The van der Waals surface area contributed by atoms with E-state index in [1.807, 2.05) is 42.5 Å². The van der Waals surface area contributed by atoms with Crippen molar-refractivity contribution in [2.45, 2.75) is 18.5 Å². The molecule has 3 aliphatic rings. The molecule has 2 fully saturated rings. The number of fused-ring (bicyclic) bond motifs is 6. The summed E-state index contributed by atoms with van der Waals surface area (Å²) in [5.74, 6) is 0.101. The quantitative estimate of drug-likeness (QED) is 0.598. The van der Waals surface area contributed by atoms with Gasteiger partial charge in [-0.15, -0.1) is 0 Å². The van der Waals surface area contributed by atoms with Gasteiger partial charge in [0.05, 0.1) is 11.7 Å². The molecule has 0 N–H and O–H groups in total. The number of anilines is 1. The van der Waals surface area contributed by atoms with Crippen LogP contribution in [0.1, 0.15) is 6.42 Å². The Morgan fingerprint density at radius 3 is 2.59 bits per heavy atom. The Bertz CT molecular complexity index is 827. The first-order chi connectivity index (χ1) is 10.7. The third-order valence-electron chi connectivity index (χ3n) is 5.03. The molecule has 4 nitrogen and oxygen atoms in total. The Morgan fingerprint density at radius 2 is 1.77 bits per heavy atom. The molecule has 1 aliphatic carbocycles. The van der Waals surface area contributed by atoms with Gasteiger partial charge in [0.15, 0.2) is 0 Å². The predicted octanol–water partition coefficient (Wildman–Crippen LogP) is 2.94. The molecule has 0 unspecified atom stereocenters. The van der Waals surface area contributed by atoms with Crippen molar-refractivity contribution < 1.29 is 9.59 Å². The van der Waals surface area contributed by atoms with Crippen molar-refractivity contribution in [2.75, 3.05) is 4.90 Å². The molecule has 5 rings (SSSR count). The molecule has 108 valence electrons. The summed E-state index contributed by atoms with van der Waals surface area (Å²) in [5, 5.41) is 2.14. The minimum atomic E-state index is -0.297. The highest BCUT2D eigenvalue weighted by molar-refractivity contribution is 6.22. The number of imide groups is 1. The average molecular weight is 290 g/mol. The number of urea groups is 1. The minimum Gasteiger partial charge on any atom is -0.305 e. The molecule has 2 heterocycles. The van der Waals surface area contributed by atoms with Gasteiger partial charge in [-0.1, -0.05) is 42.5 Å². The van der Waals surface area contributed by atoms with E-state index in [4.69, 9.17) is 0 Å². The van der Waals surface area contributed by atoms with E-state index in [0.29, 0.717) is 5.69 Å². The number of hydrogen-bond acceptors (Lipinski definition) is 2. The van der Waals surface area contributed by atoms with Gasteiger partial charge in [0.2, 0.25) is 0 Å². The first-order valence-corrected chi connectivity index (χ1v) is 7.57. The maximum atomic E-state index is 12.8. The zero-order chi connectivity index (χ0) is 14.8. The van der Waals surface area contributed by atoms with E-state index in [0.717, 1.165) is 17.2 Å². The summed E-state index contributed by atoms with van der Waals surface area (Å²) in [5.41, 5.74) is 0.669. The van der Waals surface area contributed by atoms with Crippen LogP contribution in [0.3, 0.4) is 0 Å². The highest BCUT2D eigenvalue weighted by Crippen LogP contribution is 2.43. The maximum absolute atomic E-state index is 12.8. The van der Waals surface area contributed by atoms with Gasteiger partial charge in [0, 0.05) is 5.92 Å². The SMILES string of the molecule is O=C1[C@@H]2[C@@H]3C=C[C@@H](C3)N2C(=O)N1c1ccc2ccccc2c1. The number of amides is 3. The van der Waals surface area contributed by atoms with Gasteiger partial charge in [-0.25, -0.2) is 9.69 Å². The van der Waals surface area contributed by atoms with Gasteiger partial charge in [-0.3, -0.25) is 4.79 Å². The lowest BCUT2D eigenvalue weighted by atomic mass is 10.0. The summed E-state index contributed by atoms with van der Waals surface area (Å²) >= 11 is 0. The summed E-state index contributed by atoms with van der Waals surface area (Å²) in [4.78, 5) is 28.6. The van der Waals surface area contributed by atoms with Gasteiger partial charge < -0.3 is 4.90 Å². The number of carbonyl (C=O) groups is 2. The van der Waals surface area contributed by atoms with Gasteiger partial charge in [0.1, 0.15) is 6.04 Å². The summed E-state index contributed by atoms with van der Waals surface area (Å²) in [6.45, 7) is 0. The fraction of sp³-hybridized carbons (Fsp3) is 0.222. The first kappa shape index (κ1) is 12.0. The van der Waals surface area contributed by atoms with Gasteiger partial charge >= 0.3 is 6.03 Å². The fourth-order valence-electron chi connectivity index (χ4n) is 4.02. The lowest BCUT2D eigenvalue weighted by Gasteiger charge is -2.22. The van der Waals surface area contributed by atoms with Crippen LogP contribution in [0.15, 0.2) is 54.6 Å². The molecule has 3 atom stereocenters. The van der Waals surface area contributed by atoms with Crippen molar-refractivity contribution in [1.82, 2.24) is 4.90 Å². The Labute approximate surface area is 127 Å². The second-order valence-electron chi connectivity index (χ2n) is 6.19. The number of carbonyl (C=O) groups excluding carboxylic acids is 2. The number of hydrogen-bond donors (Lipinski definition) is 0. The number of nitrogens with zero attached hydrogens (tertiary/aromatic N) is 2. The molecule has 2 aliphatic heterocycles. The Hall–Kier alpha value is -2.62. The van der Waals surface area contributed by atoms with Crippen LogP contribution in [0, 0.1) is 5.92 Å². The van der Waals surface area contributed by atoms with Crippen molar-refractivity contribution in [3.8, 4) is 0 Å². The largest absolute Gasteiger partial charge is 0.332 e. The molecule has 2 aromatic carbocycles. The Morgan fingerprint density at radius 1 is 0.955 bits per heavy atom. The van der Waals surface area contributed by atoms with Crippen molar-refractivity contribution >= 4 is 28.4 Å². The normalized spacial score (nSPS) is 29.0. The molecule has 0 aromatic heterocycles. The standard InChI is InChI=1S/C18H14N2O2/c21-17-16-13-6-8-14(10-13)19(16)18(22)20(17)15-7-5-11-3-1-2-4-12(11)9-15/h1-9,13-14,16H,10H2/t13-,14+,16+/m1/s1. The lowest BCUT2D eigenvalue weighted by molar-refractivity contribution is -0.119. The van der Waals surface area contributed by atoms with E-state index in [1.54, 1.807) is 4.90 Å². The van der Waals surface area contributed by atoms with Crippen LogP contribution in [0.5, 0.6) is 0 Å². The third-order valence-corrected chi connectivity index (χ3v) is 5.03. The summed E-state index contributed by atoms with van der Waals surface area (Å²) in [6.07, 6.45) is 5.03. The molecule has 2 bridgehead atoms. The van der Waals surface area contributed by atoms with Crippen LogP contribution in [-0.2, 0) is 4.79 Å². The van der Waals surface area contributed by atoms with E-state index < -0.39 is 0 Å². The predicted molar refractivity (Wildman–Crippen MR) is 83.5 cm³/mol. The number of benzene rings is 2. The van der Waals surface area contributed by atoms with Crippen LogP contribution in [0.4, 0.5) is 10.5 Å². The molecule has 2 saturated heterocycles. The maximum Gasteiger partial charge on any atom is 0.332 e. The van der Waals surface area contributed by atoms with Gasteiger partial charge in [-0.2, -0.15) is 0 Å². The van der Waals surface area contributed by atoms with E-state index in [2.05, 4.69) is 12.2 Å². The first-order valence-electron chi connectivity index (χ1n) is 7.57. The fourth-order valence-corrected chi connectivity index (χ4v) is 4.02. The molecule has 0 spiro atoms. The van der Waals surface area contributed by atoms with Crippen LogP contribution in [0.2, 0.25) is 0 Å². The molecular formula is C18H14N2O2. The van der Waals surface area contributed by atoms with E-state index >= 15 is 0 Å². The number of rotatable bonds is 1. The summed E-state index contributed by atoms with van der Waals surface area (Å²) < 4.78 is 0. The van der Waals surface area contributed by atoms with Gasteiger partial charge in [-0.05, 0) is 29.3 Å². The third kappa shape index (κ3) is 1.37. The minimum absolute atomic E-state index is 0.0860. The lowest BCUT2D eigenvalue weighted by Crippen LogP contribution is -2.38. The van der Waals surface area contributed by atoms with Crippen LogP contribution in [0.25, 0.3) is 10.8 Å². The summed E-state index contributed by atoms with van der Waals surface area (Å²) in [7, 11) is 0. The highest BCUT2D eigenvalue weighted by atomic mass is 16.2. The topological polar surface area (TPSA) is 40.6 Å². The molecule has 0 saturated carbocycles. The van der Waals surface area contributed by atoms with Crippen LogP contribution >= 0.6 is 0 Å². The van der Waals surface area contributed by atoms with Crippen molar-refractivity contribution in [2.24, 2.45) is 5.92 Å². The molecule has 2 aromatic rings. The van der Waals surface area contributed by atoms with Crippen molar-refractivity contribution in [1.29, 1.82) is 0 Å². The highest BCUT2D eigenvalue weighted by Gasteiger charge is 2.57. The molecule has 4 heteroatoms. The van der Waals surface area contributed by atoms with Gasteiger partial charge in [0.25, 0.3) is 5.91 Å². The Kier molecular flexibility index (Phi) is 2.16. The zero-order valence-corrected chi connectivity index (χ0v) is 11.8. The molecule has 3 amide bonds. The van der Waals surface area contributed by atoms with E-state index in [-0.39, 0.29) is 29.9 Å². The van der Waals surface area contributed by atoms with E-state index in [9.17, 15) is 9.59 Å².